The lowest BCUT2D eigenvalue weighted by Crippen LogP contribution is -2.29. The second-order valence-electron chi connectivity index (χ2n) is 8.85. The number of aromatic nitrogens is 8. The first kappa shape index (κ1) is 22.4. The normalized spacial score (nSPS) is 32.0. The summed E-state index contributed by atoms with van der Waals surface area (Å²) in [5.41, 5.74) is 6.98. The molecule has 0 amide bonds. The number of nitrogen functional groups attached to an aromatic ring is 1. The van der Waals surface area contributed by atoms with E-state index in [1.54, 1.807) is 11.6 Å². The first-order valence-corrected chi connectivity index (χ1v) is 11.0. The van der Waals surface area contributed by atoms with E-state index in [0.717, 1.165) is 12.3 Å². The van der Waals surface area contributed by atoms with Crippen molar-refractivity contribution in [2.75, 3.05) is 11.1 Å². The van der Waals surface area contributed by atoms with Gasteiger partial charge in [-0.25, -0.2) is 4.98 Å². The summed E-state index contributed by atoms with van der Waals surface area (Å²) in [6, 6.07) is 0.342. The maximum atomic E-state index is 10.7. The van der Waals surface area contributed by atoms with Crippen LogP contribution in [0.4, 0.5) is 11.8 Å². The molecule has 182 valence electrons. The number of anilines is 2. The summed E-state index contributed by atoms with van der Waals surface area (Å²) in [4.78, 5) is 22.9. The van der Waals surface area contributed by atoms with Crippen LogP contribution >= 0.6 is 0 Å². The summed E-state index contributed by atoms with van der Waals surface area (Å²) in [5.74, 6) is 2.29. The molecule has 2 saturated carbocycles. The predicted molar refractivity (Wildman–Crippen MR) is 115 cm³/mol. The topological polar surface area (TPSA) is 212 Å². The lowest BCUT2D eigenvalue weighted by atomic mass is 9.95. The van der Waals surface area contributed by atoms with Crippen molar-refractivity contribution < 1.29 is 24.9 Å². The molecule has 6 N–H and O–H groups in total. The first-order valence-electron chi connectivity index (χ1n) is 11.0. The minimum absolute atomic E-state index is 0.189. The molecule has 3 aliphatic rings. The Hall–Kier alpha value is -3.43. The molecule has 0 spiro atoms. The molecule has 3 aromatic rings. The second kappa shape index (κ2) is 8.73. The van der Waals surface area contributed by atoms with Crippen LogP contribution in [0.2, 0.25) is 0 Å². The largest absolute Gasteiger partial charge is 0.483 e. The number of nitrogens with zero attached hydrogens (tertiary/aromatic N) is 8. The average molecular weight is 474 g/mol. The van der Waals surface area contributed by atoms with Crippen molar-refractivity contribution in [3.63, 3.8) is 0 Å². The van der Waals surface area contributed by atoms with E-state index in [9.17, 15) is 10.2 Å². The maximum Gasteiger partial charge on any atom is 0.290 e. The summed E-state index contributed by atoms with van der Waals surface area (Å²) in [7, 11) is 1.61. The Morgan fingerprint density at radius 2 is 2.03 bits per heavy atom. The van der Waals surface area contributed by atoms with Crippen LogP contribution in [0.3, 0.4) is 0 Å². The van der Waals surface area contributed by atoms with Gasteiger partial charge in [0.15, 0.2) is 23.8 Å². The number of fused-ring (bicyclic) bond motifs is 3. The molecule has 2 bridgehead atoms. The Morgan fingerprint density at radius 1 is 1.24 bits per heavy atom. The number of rotatable bonds is 4. The molecule has 7 atom stereocenters. The molecule has 3 aromatic heterocycles. The predicted octanol–water partition coefficient (Wildman–Crippen LogP) is -0.775. The van der Waals surface area contributed by atoms with E-state index in [2.05, 4.69) is 35.7 Å². The van der Waals surface area contributed by atoms with Crippen molar-refractivity contribution in [2.24, 2.45) is 18.9 Å². The van der Waals surface area contributed by atoms with Crippen LogP contribution in [0.15, 0.2) is 6.33 Å². The maximum absolute atomic E-state index is 10.7. The lowest BCUT2D eigenvalue weighted by molar-refractivity contribution is -0.122. The Balaban J connectivity index is 0.000000764. The Morgan fingerprint density at radius 3 is 2.68 bits per heavy atom. The van der Waals surface area contributed by atoms with Gasteiger partial charge in [-0.05, 0) is 36.3 Å². The third kappa shape index (κ3) is 3.80. The standard InChI is InChI=1S/C18H24N10O3.CH2O2/c1-27-25-15(24-26-27)13-11(29)12(30)17(31-13)28-6-20-10-14(19)22-18(23-16(10)28)21-9-5-7-2-3-8(9)4-7;2-1-3/h6-9,11-13,17,29-30H,2-5H2,1H3,(H3,19,21,22,23);1H,(H,2,3)/t7?,8?,9?,11-,12+,13?,17+;/m0./s1. The zero-order valence-corrected chi connectivity index (χ0v) is 18.3. The van der Waals surface area contributed by atoms with E-state index in [0.29, 0.717) is 29.1 Å². The number of aliphatic hydroxyl groups excluding tert-OH is 2. The highest BCUT2D eigenvalue weighted by molar-refractivity contribution is 5.83. The number of nitrogens with one attached hydrogen (secondary N) is 1. The number of aliphatic hydroxyl groups is 2. The molecule has 34 heavy (non-hydrogen) atoms. The highest BCUT2D eigenvalue weighted by Gasteiger charge is 2.47. The number of tetrazole rings is 1. The Labute approximate surface area is 193 Å². The van der Waals surface area contributed by atoms with Gasteiger partial charge >= 0.3 is 0 Å². The minimum atomic E-state index is -1.25. The van der Waals surface area contributed by atoms with Crippen LogP contribution < -0.4 is 11.1 Å². The zero-order chi connectivity index (χ0) is 24.0. The van der Waals surface area contributed by atoms with E-state index < -0.39 is 24.5 Å². The number of carbonyl (C=O) groups is 1. The summed E-state index contributed by atoms with van der Waals surface area (Å²) in [6.07, 6.45) is 2.02. The molecular formula is C19H26N10O5. The van der Waals surface area contributed by atoms with Crippen LogP contribution in [-0.2, 0) is 16.6 Å². The highest BCUT2D eigenvalue weighted by Crippen LogP contribution is 2.45. The SMILES string of the molecule is Cn1nnc(C2O[C@@H](n3cnc4c(N)nc(NC5CC6CCC5C6)nc43)[C@H](O)[C@@H]2O)n1.O=CO. The highest BCUT2D eigenvalue weighted by atomic mass is 16.6. The molecular weight excluding hydrogens is 448 g/mol. The van der Waals surface area contributed by atoms with Crippen LogP contribution in [0.5, 0.6) is 0 Å². The Bertz CT molecular complexity index is 1180. The van der Waals surface area contributed by atoms with Crippen molar-refractivity contribution in [2.45, 2.75) is 56.3 Å². The van der Waals surface area contributed by atoms with Crippen molar-refractivity contribution in [1.82, 2.24) is 39.7 Å². The summed E-state index contributed by atoms with van der Waals surface area (Å²) in [5, 5.41) is 43.3. The number of nitrogens with two attached hydrogens (primary N) is 1. The molecule has 0 radical (unpaired) electrons. The summed E-state index contributed by atoms with van der Waals surface area (Å²) >= 11 is 0. The van der Waals surface area contributed by atoms with E-state index in [4.69, 9.17) is 20.4 Å². The number of imidazole rings is 1. The molecule has 3 fully saturated rings. The number of hydrogen-bond donors (Lipinski definition) is 5. The monoisotopic (exact) mass is 474 g/mol. The fraction of sp³-hybridized carbons (Fsp3) is 0.632. The van der Waals surface area contributed by atoms with Gasteiger partial charge in [0.2, 0.25) is 11.8 Å². The molecule has 0 aromatic carbocycles. The third-order valence-corrected chi connectivity index (χ3v) is 6.79. The van der Waals surface area contributed by atoms with E-state index >= 15 is 0 Å². The zero-order valence-electron chi connectivity index (χ0n) is 18.3. The third-order valence-electron chi connectivity index (χ3n) is 6.79. The van der Waals surface area contributed by atoms with Crippen LogP contribution in [0, 0.1) is 11.8 Å². The van der Waals surface area contributed by atoms with Gasteiger partial charge in [0, 0.05) is 6.04 Å². The van der Waals surface area contributed by atoms with Gasteiger partial charge in [-0.2, -0.15) is 14.8 Å². The fourth-order valence-corrected chi connectivity index (χ4v) is 5.29. The van der Waals surface area contributed by atoms with Crippen molar-refractivity contribution in [3.05, 3.63) is 12.2 Å². The van der Waals surface area contributed by atoms with E-state index in [1.165, 1.54) is 30.4 Å². The fourth-order valence-electron chi connectivity index (χ4n) is 5.29. The van der Waals surface area contributed by atoms with Gasteiger partial charge in [-0.15, -0.1) is 10.2 Å². The van der Waals surface area contributed by atoms with Crippen LogP contribution in [0.1, 0.15) is 43.8 Å². The number of hydrogen-bond acceptors (Lipinski definition) is 12. The van der Waals surface area contributed by atoms with Gasteiger partial charge < -0.3 is 31.1 Å². The van der Waals surface area contributed by atoms with Gasteiger partial charge in [-0.3, -0.25) is 9.36 Å². The van der Waals surface area contributed by atoms with E-state index in [-0.39, 0.29) is 18.1 Å². The molecule has 6 rings (SSSR count). The Kier molecular flexibility index (Phi) is 5.75. The van der Waals surface area contributed by atoms with Gasteiger partial charge in [-0.1, -0.05) is 6.42 Å². The minimum Gasteiger partial charge on any atom is -0.483 e. The molecule has 1 saturated heterocycles. The summed E-state index contributed by atoms with van der Waals surface area (Å²) in [6.45, 7) is -0.250. The molecule has 15 heteroatoms. The van der Waals surface area contributed by atoms with Crippen molar-refractivity contribution >= 4 is 29.4 Å². The second-order valence-corrected chi connectivity index (χ2v) is 8.85. The number of aryl methyl sites for hydroxylation is 1. The molecule has 1 aliphatic heterocycles. The lowest BCUT2D eigenvalue weighted by Gasteiger charge is -2.23. The summed E-state index contributed by atoms with van der Waals surface area (Å²) < 4.78 is 7.47. The van der Waals surface area contributed by atoms with Gasteiger partial charge in [0.1, 0.15) is 17.7 Å². The van der Waals surface area contributed by atoms with Gasteiger partial charge in [0.05, 0.1) is 13.4 Å². The van der Waals surface area contributed by atoms with Crippen LogP contribution in [-0.4, -0.2) is 79.8 Å². The average Bonchev–Trinajstić information content (AvgIpc) is 3.61. The van der Waals surface area contributed by atoms with Crippen molar-refractivity contribution in [1.29, 1.82) is 0 Å². The molecule has 2 aliphatic carbocycles. The molecule has 15 nitrogen and oxygen atoms in total. The number of carboxylic acid groups (broad SMARTS) is 1. The van der Waals surface area contributed by atoms with Crippen molar-refractivity contribution in [3.8, 4) is 0 Å². The van der Waals surface area contributed by atoms with Gasteiger partial charge in [0.25, 0.3) is 6.47 Å². The number of ether oxygens (including phenoxy) is 1. The van der Waals surface area contributed by atoms with E-state index in [1.807, 2.05) is 0 Å². The molecule has 4 unspecified atom stereocenters. The first-order chi connectivity index (χ1) is 16.4. The molecule has 4 heterocycles. The quantitative estimate of drug-likeness (QED) is 0.294. The van der Waals surface area contributed by atoms with Crippen LogP contribution in [0.25, 0.3) is 11.2 Å². The smallest absolute Gasteiger partial charge is 0.290 e.